The van der Waals surface area contributed by atoms with Crippen LogP contribution in [0.4, 0.5) is 0 Å². The van der Waals surface area contributed by atoms with Crippen molar-refractivity contribution in [3.63, 3.8) is 0 Å². The summed E-state index contributed by atoms with van der Waals surface area (Å²) in [6.45, 7) is 2.15. The number of pyridine rings is 1. The second-order valence-electron chi connectivity index (χ2n) is 11.3. The maximum atomic E-state index is 10.1. The van der Waals surface area contributed by atoms with E-state index in [-0.39, 0.29) is 0 Å². The van der Waals surface area contributed by atoms with E-state index in [2.05, 4.69) is 109 Å². The van der Waals surface area contributed by atoms with Gasteiger partial charge in [-0.3, -0.25) is 0 Å². The second kappa shape index (κ2) is 9.56. The zero-order chi connectivity index (χ0) is 27.3. The zero-order valence-electron chi connectivity index (χ0n) is 23.0. The second-order valence-corrected chi connectivity index (χ2v) is 21.8. The molecule has 6 rings (SSSR count). The fourth-order valence-corrected chi connectivity index (χ4v) is 9.36. The molecule has 0 amide bonds. The molecule has 2 heterocycles. The molecule has 0 N–H and O–H groups in total. The predicted molar refractivity (Wildman–Crippen MR) is 164 cm³/mol. The molecule has 0 fully saturated rings. The van der Waals surface area contributed by atoms with Crippen molar-refractivity contribution in [3.8, 4) is 39.6 Å². The third kappa shape index (κ3) is 4.26. The Kier molecular flexibility index (Phi) is 6.16. The Morgan fingerprint density at radius 3 is 1.95 bits per heavy atom. The zero-order valence-corrected chi connectivity index (χ0v) is 25.1. The summed E-state index contributed by atoms with van der Waals surface area (Å²) in [6, 6.07) is 36.1. The predicted octanol–water partition coefficient (Wildman–Crippen LogP) is 8.14. The van der Waals surface area contributed by atoms with Gasteiger partial charge in [0.2, 0.25) is 0 Å². The van der Waals surface area contributed by atoms with Gasteiger partial charge in [-0.15, -0.1) is 0 Å². The van der Waals surface area contributed by atoms with Crippen LogP contribution in [0.25, 0.3) is 55.4 Å². The number of hydrogen-bond donors (Lipinski definition) is 0. The van der Waals surface area contributed by atoms with Crippen LogP contribution in [0.5, 0.6) is 0 Å². The van der Waals surface area contributed by atoms with E-state index < -0.39 is 13.3 Å². The topological polar surface area (TPSA) is 40.8 Å². The van der Waals surface area contributed by atoms with Gasteiger partial charge in [-0.1, -0.05) is 30.3 Å². The van der Waals surface area contributed by atoms with Crippen LogP contribution < -0.4 is 9.09 Å². The SMILES string of the molecule is Cc1ccc2c(oc3c(-c4ccc(-c5ccccc5)cc4)c(C#N)ccc32)c1-c1ccc[c]([Ge]([CH3])([CH3])[CH3])[n+]1C. The number of nitrogens with zero attached hydrogens (tertiary/aromatic N) is 2. The van der Waals surface area contributed by atoms with Gasteiger partial charge >= 0.3 is 197 Å². The number of hydrogen-bond acceptors (Lipinski definition) is 2. The van der Waals surface area contributed by atoms with Crippen LogP contribution in [-0.4, -0.2) is 13.3 Å². The normalized spacial score (nSPS) is 11.7. The van der Waals surface area contributed by atoms with Gasteiger partial charge in [0.1, 0.15) is 0 Å². The molecule has 39 heavy (non-hydrogen) atoms. The van der Waals surface area contributed by atoms with Crippen LogP contribution in [0.15, 0.2) is 101 Å². The molecule has 3 nitrogen and oxygen atoms in total. The summed E-state index contributed by atoms with van der Waals surface area (Å²) in [4.78, 5) is 0. The van der Waals surface area contributed by atoms with Gasteiger partial charge in [0.05, 0.1) is 0 Å². The van der Waals surface area contributed by atoms with Crippen molar-refractivity contribution in [2.24, 2.45) is 7.05 Å². The summed E-state index contributed by atoms with van der Waals surface area (Å²) in [7, 11) is 2.18. The molecule has 190 valence electrons. The maximum absolute atomic E-state index is 10.1. The first-order valence-corrected chi connectivity index (χ1v) is 20.7. The van der Waals surface area contributed by atoms with Crippen LogP contribution in [0, 0.1) is 18.3 Å². The van der Waals surface area contributed by atoms with Gasteiger partial charge in [-0.2, -0.15) is 0 Å². The van der Waals surface area contributed by atoms with Gasteiger partial charge in [-0.05, 0) is 5.56 Å². The number of rotatable bonds is 4. The van der Waals surface area contributed by atoms with E-state index in [1.165, 1.54) is 15.7 Å². The molecule has 0 bridgehead atoms. The molecule has 0 aliphatic heterocycles. The first-order valence-electron chi connectivity index (χ1n) is 13.3. The number of furan rings is 1. The molecule has 4 heteroatoms. The van der Waals surface area contributed by atoms with Gasteiger partial charge in [0.15, 0.2) is 0 Å². The Balaban J connectivity index is 1.60. The number of fused-ring (bicyclic) bond motifs is 3. The molecule has 0 aliphatic rings. The molecule has 0 unspecified atom stereocenters. The van der Waals surface area contributed by atoms with Gasteiger partial charge in [0.25, 0.3) is 0 Å². The van der Waals surface area contributed by atoms with E-state index in [0.29, 0.717) is 5.56 Å². The van der Waals surface area contributed by atoms with Crippen molar-refractivity contribution in [2.45, 2.75) is 24.2 Å². The van der Waals surface area contributed by atoms with Crippen LogP contribution in [0.2, 0.25) is 17.3 Å². The molecule has 0 saturated heterocycles. The van der Waals surface area contributed by atoms with Crippen molar-refractivity contribution in [1.29, 1.82) is 5.26 Å². The monoisotopic (exact) mass is 569 g/mol. The molecule has 0 radical (unpaired) electrons. The summed E-state index contributed by atoms with van der Waals surface area (Å²) in [5.41, 5.74) is 9.82. The Morgan fingerprint density at radius 2 is 1.28 bits per heavy atom. The van der Waals surface area contributed by atoms with Gasteiger partial charge in [0, 0.05) is 0 Å². The van der Waals surface area contributed by atoms with Crippen molar-refractivity contribution >= 4 is 39.7 Å². The quantitative estimate of drug-likeness (QED) is 0.159. The summed E-state index contributed by atoms with van der Waals surface area (Å²) < 4.78 is 10.6. The van der Waals surface area contributed by atoms with E-state index in [9.17, 15) is 5.26 Å². The molecular formula is C35H31GeN2O+. The Bertz CT molecular complexity index is 1900. The number of nitriles is 1. The number of aryl methyl sites for hydroxylation is 1. The molecule has 4 aromatic carbocycles. The molecule has 0 spiro atoms. The van der Waals surface area contributed by atoms with E-state index in [1.807, 2.05) is 30.3 Å². The molecule has 6 aromatic rings. The third-order valence-corrected chi connectivity index (χ3v) is 12.0. The van der Waals surface area contributed by atoms with E-state index in [1.54, 1.807) is 0 Å². The summed E-state index contributed by atoms with van der Waals surface area (Å²) in [5.74, 6) is 7.27. The summed E-state index contributed by atoms with van der Waals surface area (Å²) >= 11 is -2.10. The fraction of sp³-hybridized carbons (Fsp3) is 0.143. The fourth-order valence-electron chi connectivity index (χ4n) is 5.75. The van der Waals surface area contributed by atoms with Gasteiger partial charge in [-0.25, -0.2) is 0 Å². The van der Waals surface area contributed by atoms with E-state index in [0.717, 1.165) is 49.9 Å². The first kappa shape index (κ1) is 25.2. The Morgan fingerprint density at radius 1 is 0.667 bits per heavy atom. The van der Waals surface area contributed by atoms with Crippen molar-refractivity contribution < 1.29 is 8.98 Å². The minimum absolute atomic E-state index is 0.612. The Labute approximate surface area is 232 Å². The molecule has 0 saturated carbocycles. The van der Waals surface area contributed by atoms with Crippen molar-refractivity contribution in [2.75, 3.05) is 0 Å². The summed E-state index contributed by atoms with van der Waals surface area (Å²) in [6.07, 6.45) is 0. The molecule has 0 atom stereocenters. The van der Waals surface area contributed by atoms with Crippen LogP contribution in [0.3, 0.4) is 0 Å². The minimum atomic E-state index is -2.10. The summed E-state index contributed by atoms with van der Waals surface area (Å²) in [5, 5.41) is 12.2. The Hall–Kier alpha value is -4.14. The van der Waals surface area contributed by atoms with E-state index >= 15 is 0 Å². The molecule has 0 aliphatic carbocycles. The van der Waals surface area contributed by atoms with Crippen molar-refractivity contribution in [3.05, 3.63) is 108 Å². The van der Waals surface area contributed by atoms with Crippen LogP contribution in [-0.2, 0) is 7.05 Å². The van der Waals surface area contributed by atoms with Crippen LogP contribution >= 0.6 is 0 Å². The third-order valence-electron chi connectivity index (χ3n) is 7.67. The van der Waals surface area contributed by atoms with Crippen molar-refractivity contribution in [1.82, 2.24) is 0 Å². The standard InChI is InChI=1S/C35H31GeN2O/c1-23-14-20-28-29-21-19-27(22-37)33(26-17-15-25(16-18-26)24-10-7-6-8-11-24)35(29)39-34(28)32(23)30-12-9-13-31(38(30)5)36(2,3)4/h6-21H,1-5H3/q+1. The van der Waals surface area contributed by atoms with Gasteiger partial charge < -0.3 is 0 Å². The number of aromatic nitrogens is 1. The van der Waals surface area contributed by atoms with E-state index in [4.69, 9.17) is 4.42 Å². The molecule has 2 aromatic heterocycles. The number of benzene rings is 4. The average Bonchev–Trinajstić information content (AvgIpc) is 3.31. The average molecular weight is 568 g/mol. The molecular weight excluding hydrogens is 537 g/mol. The first-order chi connectivity index (χ1) is 18.8. The van der Waals surface area contributed by atoms with Crippen LogP contribution in [0.1, 0.15) is 11.1 Å².